The predicted octanol–water partition coefficient (Wildman–Crippen LogP) is 0.852. The second kappa shape index (κ2) is 16.9. The fraction of sp³-hybridized carbons (Fsp3) is 0.242. The highest BCUT2D eigenvalue weighted by Crippen LogP contribution is 2.32. The van der Waals surface area contributed by atoms with Crippen molar-refractivity contribution in [2.24, 2.45) is 0 Å². The molecule has 15 heteroatoms. The normalized spacial score (nSPS) is 21.2. The molecule has 0 aromatic heterocycles. The van der Waals surface area contributed by atoms with E-state index in [9.17, 15) is 39.3 Å². The first kappa shape index (κ1) is 38.7. The van der Waals surface area contributed by atoms with E-state index in [-0.39, 0.29) is 18.6 Å². The monoisotopic (exact) mass is 668 g/mol. The minimum atomic E-state index is -2.31. The largest absolute Gasteiger partial charge is 0.478 e. The van der Waals surface area contributed by atoms with Crippen molar-refractivity contribution in [2.45, 2.75) is 36.5 Å². The number of hydrogen-bond donors (Lipinski definition) is 9. The SMILES string of the molecule is C=C1CCO[C@]2(C(O)C(C)(O)CO)NC(=O)[C@@]1(O)NC2=O.O=C(O)c1ccccc1.O=C(O)c1ccccc1.O=C(O)c1ccccc1. The molecule has 6 rings (SSSR count). The molecule has 0 aliphatic carbocycles. The van der Waals surface area contributed by atoms with Crippen molar-refractivity contribution in [3.8, 4) is 0 Å². The van der Waals surface area contributed by atoms with Gasteiger partial charge in [-0.25, -0.2) is 14.4 Å². The number of aromatic carboxylic acids is 3. The number of carboxylic acid groups (broad SMARTS) is 3. The van der Waals surface area contributed by atoms with Gasteiger partial charge in [-0.3, -0.25) is 9.59 Å². The quantitative estimate of drug-likeness (QED) is 0.165. The van der Waals surface area contributed by atoms with Gasteiger partial charge in [-0.1, -0.05) is 61.2 Å². The maximum atomic E-state index is 12.2. The summed E-state index contributed by atoms with van der Waals surface area (Å²) in [6, 6.07) is 24.9. The Morgan fingerprint density at radius 3 is 1.48 bits per heavy atom. The van der Waals surface area contributed by atoms with Crippen LogP contribution in [-0.2, 0) is 14.3 Å². The van der Waals surface area contributed by atoms with Crippen LogP contribution >= 0.6 is 0 Å². The molecule has 48 heavy (non-hydrogen) atoms. The lowest BCUT2D eigenvalue weighted by Crippen LogP contribution is -2.82. The number of nitrogens with one attached hydrogen (secondary N) is 2. The molecule has 3 aromatic rings. The molecule has 256 valence electrons. The van der Waals surface area contributed by atoms with Gasteiger partial charge in [0.25, 0.3) is 17.5 Å². The maximum Gasteiger partial charge on any atom is 0.335 e. The molecule has 0 saturated carbocycles. The number of carbonyl (C=O) groups excluding carboxylic acids is 2. The number of benzene rings is 3. The van der Waals surface area contributed by atoms with Crippen LogP contribution in [0.5, 0.6) is 0 Å². The van der Waals surface area contributed by atoms with Gasteiger partial charge in [0.1, 0.15) is 11.7 Å². The summed E-state index contributed by atoms with van der Waals surface area (Å²) in [5.41, 5.74) is -5.70. The van der Waals surface area contributed by atoms with Crippen molar-refractivity contribution in [2.75, 3.05) is 13.2 Å². The highest BCUT2D eigenvalue weighted by molar-refractivity contribution is 6.03. The smallest absolute Gasteiger partial charge is 0.335 e. The number of aliphatic hydroxyl groups is 4. The van der Waals surface area contributed by atoms with Crippen molar-refractivity contribution < 1.29 is 64.5 Å². The van der Waals surface area contributed by atoms with E-state index in [4.69, 9.17) is 25.2 Å². The number of carbonyl (C=O) groups is 5. The fourth-order valence-electron chi connectivity index (χ4n) is 4.03. The molecule has 2 unspecified atom stereocenters. The molecule has 3 aliphatic rings. The number of hydrogen-bond acceptors (Lipinski definition) is 10. The zero-order valence-corrected chi connectivity index (χ0v) is 25.6. The van der Waals surface area contributed by atoms with E-state index in [1.807, 2.05) is 5.32 Å². The second-order valence-electron chi connectivity index (χ2n) is 10.5. The molecule has 3 heterocycles. The topological polar surface area (TPSA) is 260 Å². The number of ether oxygens (including phenoxy) is 1. The van der Waals surface area contributed by atoms with Gasteiger partial charge >= 0.3 is 17.9 Å². The minimum Gasteiger partial charge on any atom is -0.478 e. The number of piperazine rings is 1. The molecule has 2 amide bonds. The number of fused-ring (bicyclic) bond motifs is 5. The molecule has 2 bridgehead atoms. The molecule has 0 spiro atoms. The summed E-state index contributed by atoms with van der Waals surface area (Å²) in [6.07, 6.45) is -1.91. The Morgan fingerprint density at radius 2 is 1.17 bits per heavy atom. The second-order valence-corrected chi connectivity index (χ2v) is 10.5. The molecule has 15 nitrogen and oxygen atoms in total. The van der Waals surface area contributed by atoms with Crippen molar-refractivity contribution in [3.63, 3.8) is 0 Å². The molecule has 9 N–H and O–H groups in total. The van der Waals surface area contributed by atoms with E-state index in [0.717, 1.165) is 6.92 Å². The van der Waals surface area contributed by atoms with E-state index in [0.29, 0.717) is 16.7 Å². The number of amides is 2. The van der Waals surface area contributed by atoms with Gasteiger partial charge in [0.15, 0.2) is 0 Å². The first-order valence-electron chi connectivity index (χ1n) is 14.1. The standard InChI is InChI=1S/C12H18N2O7.3C7H6O2/c1-6-3-4-21-12(7(16)10(2,19)5-15)9(18)13-11(6,20)8(17)14-12;3*8-7(9)6-4-2-1-3-5-6/h7,15-16,19-20H,1,3-5H2,2H3,(H,13,18)(H,14,17);3*1-5H,(H,8,9)/t7?,10?,11-,12+;;;/m1.../s1. The lowest BCUT2D eigenvalue weighted by molar-refractivity contribution is -0.230. The molecular weight excluding hydrogens is 632 g/mol. The molecule has 3 aromatic carbocycles. The van der Waals surface area contributed by atoms with Crippen LogP contribution < -0.4 is 10.6 Å². The number of carboxylic acids is 3. The average molecular weight is 669 g/mol. The average Bonchev–Trinajstić information content (AvgIpc) is 3.08. The van der Waals surface area contributed by atoms with Gasteiger partial charge in [0.05, 0.1) is 29.9 Å². The molecule has 3 aliphatic heterocycles. The highest BCUT2D eigenvalue weighted by atomic mass is 16.5. The zero-order chi connectivity index (χ0) is 36.1. The van der Waals surface area contributed by atoms with E-state index in [1.165, 1.54) is 0 Å². The van der Waals surface area contributed by atoms with Crippen LogP contribution in [0.1, 0.15) is 44.4 Å². The first-order chi connectivity index (χ1) is 22.5. The van der Waals surface area contributed by atoms with Crippen molar-refractivity contribution in [3.05, 3.63) is 120 Å². The van der Waals surface area contributed by atoms with Gasteiger partial charge in [0.2, 0.25) is 5.72 Å². The molecule has 3 fully saturated rings. The van der Waals surface area contributed by atoms with Gasteiger partial charge < -0.3 is 51.1 Å². The Balaban J connectivity index is 0.000000246. The van der Waals surface area contributed by atoms with Crippen LogP contribution in [0.3, 0.4) is 0 Å². The Hall–Kier alpha value is -5.45. The third kappa shape index (κ3) is 9.78. The van der Waals surface area contributed by atoms with E-state index < -0.39 is 59.5 Å². The van der Waals surface area contributed by atoms with Crippen molar-refractivity contribution in [1.29, 1.82) is 0 Å². The summed E-state index contributed by atoms with van der Waals surface area (Å²) >= 11 is 0. The Bertz CT molecular complexity index is 1470. The van der Waals surface area contributed by atoms with Crippen LogP contribution in [0.25, 0.3) is 0 Å². The Labute approximate surface area is 274 Å². The molecule has 3 saturated heterocycles. The van der Waals surface area contributed by atoms with Crippen LogP contribution in [0.4, 0.5) is 0 Å². The van der Waals surface area contributed by atoms with Crippen molar-refractivity contribution in [1.82, 2.24) is 10.6 Å². The fourth-order valence-corrected chi connectivity index (χ4v) is 4.03. The first-order valence-corrected chi connectivity index (χ1v) is 14.1. The molecule has 4 atom stereocenters. The van der Waals surface area contributed by atoms with Gasteiger partial charge in [-0.2, -0.15) is 0 Å². The van der Waals surface area contributed by atoms with E-state index in [1.54, 1.807) is 91.0 Å². The van der Waals surface area contributed by atoms with Gasteiger partial charge in [0, 0.05) is 0 Å². The summed E-state index contributed by atoms with van der Waals surface area (Å²) in [5.74, 6) is -4.73. The summed E-state index contributed by atoms with van der Waals surface area (Å²) in [6.45, 7) is 3.59. The number of rotatable bonds is 6. The number of aliphatic hydroxyl groups excluding tert-OH is 2. The summed E-state index contributed by atoms with van der Waals surface area (Å²) < 4.78 is 5.27. The van der Waals surface area contributed by atoms with Crippen molar-refractivity contribution >= 4 is 29.7 Å². The molecular formula is C33H36N2O13. The third-order valence-corrected chi connectivity index (χ3v) is 6.86. The van der Waals surface area contributed by atoms with Crippen LogP contribution in [-0.4, -0.2) is 102 Å². The van der Waals surface area contributed by atoms with E-state index >= 15 is 0 Å². The van der Waals surface area contributed by atoms with Crippen LogP contribution in [0.15, 0.2) is 103 Å². The third-order valence-electron chi connectivity index (χ3n) is 6.86. The highest BCUT2D eigenvalue weighted by Gasteiger charge is 2.63. The van der Waals surface area contributed by atoms with Gasteiger partial charge in [-0.05, 0) is 55.3 Å². The summed E-state index contributed by atoms with van der Waals surface area (Å²) in [7, 11) is 0. The Morgan fingerprint density at radius 1 is 0.792 bits per heavy atom. The summed E-state index contributed by atoms with van der Waals surface area (Å²) in [4.78, 5) is 54.9. The van der Waals surface area contributed by atoms with Crippen LogP contribution in [0, 0.1) is 0 Å². The minimum absolute atomic E-state index is 0.0325. The van der Waals surface area contributed by atoms with E-state index in [2.05, 4.69) is 11.9 Å². The maximum absolute atomic E-state index is 12.2. The lowest BCUT2D eigenvalue weighted by atomic mass is 9.85. The zero-order valence-electron chi connectivity index (χ0n) is 25.6. The predicted molar refractivity (Wildman–Crippen MR) is 168 cm³/mol. The van der Waals surface area contributed by atoms with Gasteiger partial charge in [-0.15, -0.1) is 0 Å². The summed E-state index contributed by atoms with van der Waals surface area (Å²) in [5, 5.41) is 68.8. The molecule has 0 radical (unpaired) electrons. The van der Waals surface area contributed by atoms with Crippen LogP contribution in [0.2, 0.25) is 0 Å². The Kier molecular flexibility index (Phi) is 13.7. The lowest BCUT2D eigenvalue weighted by Gasteiger charge is -2.49.